The van der Waals surface area contributed by atoms with Gasteiger partial charge in [-0.15, -0.1) is 0 Å². The molecule has 2 aromatic rings. The second-order valence-corrected chi connectivity index (χ2v) is 6.25. The van der Waals surface area contributed by atoms with E-state index in [9.17, 15) is 9.90 Å². The van der Waals surface area contributed by atoms with Crippen molar-refractivity contribution in [2.75, 3.05) is 13.1 Å². The molecule has 1 fully saturated rings. The van der Waals surface area contributed by atoms with Crippen molar-refractivity contribution in [1.29, 1.82) is 0 Å². The van der Waals surface area contributed by atoms with Gasteiger partial charge in [0.25, 0.3) is 5.91 Å². The molecule has 0 radical (unpaired) electrons. The third-order valence-electron chi connectivity index (χ3n) is 4.66. The number of hydrogen-bond donors (Lipinski definition) is 1. The maximum atomic E-state index is 12.5. The standard InChI is InChI=1S/C19H23NO3/c1-3-14-4-6-15(7-5-14)17-8-9-18(23-17)19(22)20-11-10-16(12-20)13(2)21/h4-9,13,16,21H,3,10-12H2,1-2H3. The molecule has 0 bridgehead atoms. The van der Waals surface area contributed by atoms with E-state index in [1.54, 1.807) is 17.9 Å². The van der Waals surface area contributed by atoms with Crippen LogP contribution in [-0.2, 0) is 6.42 Å². The molecule has 1 N–H and O–H groups in total. The fraction of sp³-hybridized carbons (Fsp3) is 0.421. The number of rotatable bonds is 4. The molecule has 1 aliphatic heterocycles. The van der Waals surface area contributed by atoms with Crippen molar-refractivity contribution in [1.82, 2.24) is 4.90 Å². The molecule has 23 heavy (non-hydrogen) atoms. The van der Waals surface area contributed by atoms with Gasteiger partial charge in [-0.25, -0.2) is 0 Å². The summed E-state index contributed by atoms with van der Waals surface area (Å²) < 4.78 is 5.76. The number of aliphatic hydroxyl groups excluding tert-OH is 1. The maximum absolute atomic E-state index is 12.5. The van der Waals surface area contributed by atoms with Gasteiger partial charge in [-0.2, -0.15) is 0 Å². The molecule has 1 aliphatic rings. The predicted octanol–water partition coefficient (Wildman–Crippen LogP) is 3.35. The average molecular weight is 313 g/mol. The number of carbonyl (C=O) groups is 1. The van der Waals surface area contributed by atoms with Gasteiger partial charge in [0.1, 0.15) is 5.76 Å². The van der Waals surface area contributed by atoms with Crippen molar-refractivity contribution >= 4 is 5.91 Å². The van der Waals surface area contributed by atoms with Gasteiger partial charge in [0.15, 0.2) is 5.76 Å². The highest BCUT2D eigenvalue weighted by atomic mass is 16.4. The summed E-state index contributed by atoms with van der Waals surface area (Å²) in [7, 11) is 0. The molecule has 2 unspecified atom stereocenters. The van der Waals surface area contributed by atoms with Crippen LogP contribution in [0.1, 0.15) is 36.4 Å². The summed E-state index contributed by atoms with van der Waals surface area (Å²) >= 11 is 0. The van der Waals surface area contributed by atoms with E-state index in [0.717, 1.165) is 18.4 Å². The van der Waals surface area contributed by atoms with Crippen LogP contribution in [0.3, 0.4) is 0 Å². The van der Waals surface area contributed by atoms with Crippen LogP contribution < -0.4 is 0 Å². The molecule has 4 heteroatoms. The summed E-state index contributed by atoms with van der Waals surface area (Å²) in [5, 5.41) is 9.66. The molecular formula is C19H23NO3. The summed E-state index contributed by atoms with van der Waals surface area (Å²) in [6.45, 7) is 5.17. The van der Waals surface area contributed by atoms with E-state index in [-0.39, 0.29) is 17.9 Å². The van der Waals surface area contributed by atoms with Crippen molar-refractivity contribution < 1.29 is 14.3 Å². The van der Waals surface area contributed by atoms with Gasteiger partial charge in [0, 0.05) is 24.6 Å². The molecule has 4 nitrogen and oxygen atoms in total. The van der Waals surface area contributed by atoms with Crippen LogP contribution in [0.5, 0.6) is 0 Å². The molecule has 122 valence electrons. The molecular weight excluding hydrogens is 290 g/mol. The molecule has 2 heterocycles. The van der Waals surface area contributed by atoms with Gasteiger partial charge in [0.05, 0.1) is 6.10 Å². The third kappa shape index (κ3) is 3.32. The zero-order valence-electron chi connectivity index (χ0n) is 13.7. The molecule has 1 amide bonds. The smallest absolute Gasteiger partial charge is 0.289 e. The predicted molar refractivity (Wildman–Crippen MR) is 89.2 cm³/mol. The lowest BCUT2D eigenvalue weighted by Crippen LogP contribution is -2.30. The fourth-order valence-electron chi connectivity index (χ4n) is 3.03. The van der Waals surface area contributed by atoms with Crippen LogP contribution in [0.15, 0.2) is 40.8 Å². The van der Waals surface area contributed by atoms with E-state index in [1.165, 1.54) is 5.56 Å². The Bertz CT molecular complexity index is 672. The molecule has 2 atom stereocenters. The van der Waals surface area contributed by atoms with E-state index < -0.39 is 0 Å². The van der Waals surface area contributed by atoms with E-state index in [0.29, 0.717) is 24.6 Å². The summed E-state index contributed by atoms with van der Waals surface area (Å²) in [5.74, 6) is 1.15. The number of furan rings is 1. The number of aliphatic hydroxyl groups is 1. The number of hydrogen-bond acceptors (Lipinski definition) is 3. The average Bonchev–Trinajstić information content (AvgIpc) is 3.24. The van der Waals surface area contributed by atoms with Gasteiger partial charge in [-0.3, -0.25) is 4.79 Å². The zero-order chi connectivity index (χ0) is 16.4. The summed E-state index contributed by atoms with van der Waals surface area (Å²) in [6, 6.07) is 11.8. The first-order chi connectivity index (χ1) is 11.1. The minimum Gasteiger partial charge on any atom is -0.451 e. The Morgan fingerprint density at radius 2 is 2.04 bits per heavy atom. The van der Waals surface area contributed by atoms with Gasteiger partial charge >= 0.3 is 0 Å². The minimum atomic E-state index is -0.378. The lowest BCUT2D eigenvalue weighted by atomic mass is 10.0. The summed E-state index contributed by atoms with van der Waals surface area (Å²) in [4.78, 5) is 14.3. The Hall–Kier alpha value is -2.07. The van der Waals surface area contributed by atoms with Crippen LogP contribution in [0.25, 0.3) is 11.3 Å². The maximum Gasteiger partial charge on any atom is 0.289 e. The Labute approximate surface area is 136 Å². The van der Waals surface area contributed by atoms with Crippen molar-refractivity contribution in [2.45, 2.75) is 32.8 Å². The SMILES string of the molecule is CCc1ccc(-c2ccc(C(=O)N3CCC(C(C)O)C3)o2)cc1. The van der Waals surface area contributed by atoms with Crippen molar-refractivity contribution in [2.24, 2.45) is 5.92 Å². The Morgan fingerprint density at radius 1 is 1.30 bits per heavy atom. The van der Waals surface area contributed by atoms with Gasteiger partial charge in [0.2, 0.25) is 0 Å². The first-order valence-electron chi connectivity index (χ1n) is 8.25. The van der Waals surface area contributed by atoms with Crippen molar-refractivity contribution in [3.63, 3.8) is 0 Å². The van der Waals surface area contributed by atoms with E-state index >= 15 is 0 Å². The molecule has 0 spiro atoms. The number of nitrogens with zero attached hydrogens (tertiary/aromatic N) is 1. The number of carbonyl (C=O) groups excluding carboxylic acids is 1. The minimum absolute atomic E-state index is 0.0930. The van der Waals surface area contributed by atoms with Crippen LogP contribution in [0, 0.1) is 5.92 Å². The van der Waals surface area contributed by atoms with Crippen LogP contribution in [0.2, 0.25) is 0 Å². The lowest BCUT2D eigenvalue weighted by Gasteiger charge is -2.16. The molecule has 0 aliphatic carbocycles. The van der Waals surface area contributed by atoms with E-state index in [2.05, 4.69) is 19.1 Å². The molecule has 1 aromatic heterocycles. The Balaban J connectivity index is 1.72. The van der Waals surface area contributed by atoms with E-state index in [4.69, 9.17) is 4.42 Å². The van der Waals surface area contributed by atoms with Crippen LogP contribution >= 0.6 is 0 Å². The first-order valence-corrected chi connectivity index (χ1v) is 8.25. The van der Waals surface area contributed by atoms with Gasteiger partial charge < -0.3 is 14.4 Å². The normalized spacial score (nSPS) is 19.1. The molecule has 0 saturated carbocycles. The quantitative estimate of drug-likeness (QED) is 0.942. The summed E-state index contributed by atoms with van der Waals surface area (Å²) in [6.07, 6.45) is 1.47. The highest BCUT2D eigenvalue weighted by Crippen LogP contribution is 2.26. The second-order valence-electron chi connectivity index (χ2n) is 6.25. The third-order valence-corrected chi connectivity index (χ3v) is 4.66. The molecule has 1 aromatic carbocycles. The van der Waals surface area contributed by atoms with Crippen LogP contribution in [-0.4, -0.2) is 35.1 Å². The van der Waals surface area contributed by atoms with Crippen molar-refractivity contribution in [3.05, 3.63) is 47.7 Å². The topological polar surface area (TPSA) is 53.7 Å². The number of amides is 1. The van der Waals surface area contributed by atoms with E-state index in [1.807, 2.05) is 18.2 Å². The Kier molecular flexibility index (Phi) is 4.53. The zero-order valence-corrected chi connectivity index (χ0v) is 13.7. The highest BCUT2D eigenvalue weighted by Gasteiger charge is 2.30. The highest BCUT2D eigenvalue weighted by molar-refractivity contribution is 5.92. The lowest BCUT2D eigenvalue weighted by molar-refractivity contribution is 0.0732. The summed E-state index contributed by atoms with van der Waals surface area (Å²) in [5.41, 5.74) is 2.25. The number of likely N-dealkylation sites (tertiary alicyclic amines) is 1. The van der Waals surface area contributed by atoms with Crippen molar-refractivity contribution in [3.8, 4) is 11.3 Å². The molecule has 3 rings (SSSR count). The fourth-order valence-corrected chi connectivity index (χ4v) is 3.03. The molecule has 1 saturated heterocycles. The largest absolute Gasteiger partial charge is 0.451 e. The first kappa shape index (κ1) is 15.8. The van der Waals surface area contributed by atoms with Gasteiger partial charge in [-0.1, -0.05) is 31.2 Å². The number of benzene rings is 1. The van der Waals surface area contributed by atoms with Gasteiger partial charge in [-0.05, 0) is 37.5 Å². The number of aryl methyl sites for hydroxylation is 1. The van der Waals surface area contributed by atoms with Crippen LogP contribution in [0.4, 0.5) is 0 Å². The monoisotopic (exact) mass is 313 g/mol. The Morgan fingerprint density at radius 3 is 2.65 bits per heavy atom. The second kappa shape index (κ2) is 6.59.